The van der Waals surface area contributed by atoms with Crippen molar-refractivity contribution in [3.05, 3.63) is 77.2 Å². The summed E-state index contributed by atoms with van der Waals surface area (Å²) in [6.45, 7) is 4.92. The summed E-state index contributed by atoms with van der Waals surface area (Å²) in [5.74, 6) is 1.12. The maximum absolute atomic E-state index is 12.9. The molecule has 1 aromatic heterocycles. The van der Waals surface area contributed by atoms with E-state index in [0.717, 1.165) is 29.9 Å². The number of aromatic nitrogens is 2. The maximum atomic E-state index is 12.9. The monoisotopic (exact) mass is 350 g/mol. The number of nitrogens with one attached hydrogen (secondary N) is 2. The summed E-state index contributed by atoms with van der Waals surface area (Å²) in [5.41, 5.74) is 4.56. The lowest BCUT2D eigenvalue weighted by atomic mass is 10.1. The van der Waals surface area contributed by atoms with Crippen LogP contribution in [0.1, 0.15) is 23.6 Å². The second-order valence-electron chi connectivity index (χ2n) is 6.16. The largest absolute Gasteiger partial charge is 0.370 e. The van der Waals surface area contributed by atoms with Gasteiger partial charge in [-0.3, -0.25) is 0 Å². The summed E-state index contributed by atoms with van der Waals surface area (Å²) in [6, 6.07) is 14.7. The molecule has 0 spiro atoms. The summed E-state index contributed by atoms with van der Waals surface area (Å²) in [7, 11) is 0. The molecule has 0 radical (unpaired) electrons. The first-order valence-corrected chi connectivity index (χ1v) is 8.82. The summed E-state index contributed by atoms with van der Waals surface area (Å²) < 4.78 is 12.9. The Morgan fingerprint density at radius 3 is 2.62 bits per heavy atom. The molecule has 2 aromatic carbocycles. The highest BCUT2D eigenvalue weighted by molar-refractivity contribution is 5.63. The van der Waals surface area contributed by atoms with E-state index in [0.29, 0.717) is 12.5 Å². The van der Waals surface area contributed by atoms with E-state index in [-0.39, 0.29) is 5.82 Å². The van der Waals surface area contributed by atoms with E-state index in [9.17, 15) is 4.39 Å². The van der Waals surface area contributed by atoms with Crippen molar-refractivity contribution in [1.29, 1.82) is 0 Å². The summed E-state index contributed by atoms with van der Waals surface area (Å²) >= 11 is 0. The highest BCUT2D eigenvalue weighted by atomic mass is 19.1. The second kappa shape index (κ2) is 8.43. The molecular weight excluding hydrogens is 327 g/mol. The number of hydrogen-bond acceptors (Lipinski definition) is 4. The van der Waals surface area contributed by atoms with Crippen molar-refractivity contribution in [3.8, 4) is 0 Å². The molecule has 2 N–H and O–H groups in total. The van der Waals surface area contributed by atoms with Gasteiger partial charge in [-0.15, -0.1) is 0 Å². The number of para-hydroxylation sites is 1. The highest BCUT2D eigenvalue weighted by Crippen LogP contribution is 2.24. The van der Waals surface area contributed by atoms with E-state index in [2.05, 4.69) is 52.6 Å². The topological polar surface area (TPSA) is 49.8 Å². The zero-order chi connectivity index (χ0) is 18.4. The first-order chi connectivity index (χ1) is 12.7. The van der Waals surface area contributed by atoms with Crippen LogP contribution in [0, 0.1) is 12.7 Å². The molecule has 0 aliphatic rings. The molecule has 0 aliphatic heterocycles. The van der Waals surface area contributed by atoms with Gasteiger partial charge in [0.05, 0.1) is 0 Å². The van der Waals surface area contributed by atoms with Gasteiger partial charge in [0.2, 0.25) is 5.95 Å². The molecule has 0 fully saturated rings. The number of rotatable bonds is 7. The Labute approximate surface area is 153 Å². The Bertz CT molecular complexity index is 862. The van der Waals surface area contributed by atoms with Gasteiger partial charge < -0.3 is 10.6 Å². The van der Waals surface area contributed by atoms with Gasteiger partial charge in [0.25, 0.3) is 0 Å². The third-order valence-electron chi connectivity index (χ3n) is 4.27. The van der Waals surface area contributed by atoms with Crippen LogP contribution in [0.5, 0.6) is 0 Å². The third kappa shape index (κ3) is 4.57. The zero-order valence-electron chi connectivity index (χ0n) is 15.1. The van der Waals surface area contributed by atoms with E-state index in [1.54, 1.807) is 18.3 Å². The van der Waals surface area contributed by atoms with E-state index < -0.39 is 0 Å². The first-order valence-electron chi connectivity index (χ1n) is 8.82. The third-order valence-corrected chi connectivity index (χ3v) is 4.27. The van der Waals surface area contributed by atoms with E-state index in [4.69, 9.17) is 0 Å². The van der Waals surface area contributed by atoms with Gasteiger partial charge in [0, 0.05) is 18.4 Å². The Kier molecular flexibility index (Phi) is 5.79. The van der Waals surface area contributed by atoms with Gasteiger partial charge in [-0.05, 0) is 54.7 Å². The van der Waals surface area contributed by atoms with Crippen molar-refractivity contribution < 1.29 is 4.39 Å². The predicted octanol–water partition coefficient (Wildman–Crippen LogP) is 4.88. The zero-order valence-corrected chi connectivity index (χ0v) is 15.1. The van der Waals surface area contributed by atoms with E-state index >= 15 is 0 Å². The highest BCUT2D eigenvalue weighted by Gasteiger charge is 2.07. The summed E-state index contributed by atoms with van der Waals surface area (Å²) in [4.78, 5) is 8.86. The standard InChI is InChI=1S/C21H23FN4/c1-3-17-6-4-5-15(2)20(17)26-21-24-14-12-19(25-21)23-13-11-16-7-9-18(22)10-8-16/h4-10,12,14H,3,11,13H2,1-2H3,(H2,23,24,25,26). The Morgan fingerprint density at radius 2 is 1.85 bits per heavy atom. The number of benzene rings is 2. The van der Waals surface area contributed by atoms with Crippen LogP contribution in [0.25, 0.3) is 0 Å². The lowest BCUT2D eigenvalue weighted by Crippen LogP contribution is -2.08. The summed E-state index contributed by atoms with van der Waals surface area (Å²) in [6.07, 6.45) is 3.48. The first kappa shape index (κ1) is 17.9. The van der Waals surface area contributed by atoms with Crippen molar-refractivity contribution in [3.63, 3.8) is 0 Å². The van der Waals surface area contributed by atoms with Gasteiger partial charge in [-0.25, -0.2) is 9.37 Å². The van der Waals surface area contributed by atoms with Gasteiger partial charge in [-0.2, -0.15) is 4.98 Å². The molecule has 0 bridgehead atoms. The fraction of sp³-hybridized carbons (Fsp3) is 0.238. The average Bonchev–Trinajstić information content (AvgIpc) is 2.65. The molecule has 0 atom stereocenters. The molecule has 0 aliphatic carbocycles. The quantitative estimate of drug-likeness (QED) is 0.637. The van der Waals surface area contributed by atoms with Crippen molar-refractivity contribution in [2.75, 3.05) is 17.2 Å². The number of aryl methyl sites for hydroxylation is 2. The van der Waals surface area contributed by atoms with E-state index in [1.165, 1.54) is 23.3 Å². The van der Waals surface area contributed by atoms with Gasteiger partial charge >= 0.3 is 0 Å². The van der Waals surface area contributed by atoms with Crippen LogP contribution in [0.3, 0.4) is 0 Å². The van der Waals surface area contributed by atoms with Crippen LogP contribution < -0.4 is 10.6 Å². The van der Waals surface area contributed by atoms with Crippen LogP contribution in [-0.4, -0.2) is 16.5 Å². The Morgan fingerprint density at radius 1 is 1.04 bits per heavy atom. The fourth-order valence-corrected chi connectivity index (χ4v) is 2.82. The second-order valence-corrected chi connectivity index (χ2v) is 6.16. The molecule has 3 aromatic rings. The molecule has 26 heavy (non-hydrogen) atoms. The molecule has 0 saturated heterocycles. The van der Waals surface area contributed by atoms with Gasteiger partial charge in [-0.1, -0.05) is 37.3 Å². The molecule has 0 amide bonds. The summed E-state index contributed by atoms with van der Waals surface area (Å²) in [5, 5.41) is 6.63. The minimum atomic E-state index is -0.212. The molecule has 3 rings (SSSR count). The van der Waals surface area contributed by atoms with Crippen molar-refractivity contribution in [2.24, 2.45) is 0 Å². The minimum Gasteiger partial charge on any atom is -0.370 e. The lowest BCUT2D eigenvalue weighted by molar-refractivity contribution is 0.627. The minimum absolute atomic E-state index is 0.212. The molecular formula is C21H23FN4. The number of nitrogens with zero attached hydrogens (tertiary/aromatic N) is 2. The fourth-order valence-electron chi connectivity index (χ4n) is 2.82. The molecule has 5 heteroatoms. The number of anilines is 3. The van der Waals surface area contributed by atoms with Crippen LogP contribution in [0.4, 0.5) is 21.8 Å². The van der Waals surface area contributed by atoms with E-state index in [1.807, 2.05) is 6.07 Å². The smallest absolute Gasteiger partial charge is 0.229 e. The van der Waals surface area contributed by atoms with Gasteiger partial charge in [0.1, 0.15) is 11.6 Å². The SMILES string of the molecule is CCc1cccc(C)c1Nc1nccc(NCCc2ccc(F)cc2)n1. The molecule has 0 saturated carbocycles. The molecule has 4 nitrogen and oxygen atoms in total. The van der Waals surface area contributed by atoms with Crippen molar-refractivity contribution in [1.82, 2.24) is 9.97 Å². The average molecular weight is 350 g/mol. The normalized spacial score (nSPS) is 10.6. The number of hydrogen-bond donors (Lipinski definition) is 2. The Balaban J connectivity index is 1.64. The van der Waals surface area contributed by atoms with Gasteiger partial charge in [0.15, 0.2) is 0 Å². The van der Waals surface area contributed by atoms with Crippen molar-refractivity contribution >= 4 is 17.5 Å². The van der Waals surface area contributed by atoms with Crippen LogP contribution in [0.15, 0.2) is 54.7 Å². The lowest BCUT2D eigenvalue weighted by Gasteiger charge is -2.13. The predicted molar refractivity (Wildman–Crippen MR) is 104 cm³/mol. The Hall–Kier alpha value is -2.95. The number of halogens is 1. The maximum Gasteiger partial charge on any atom is 0.229 e. The molecule has 1 heterocycles. The van der Waals surface area contributed by atoms with Crippen molar-refractivity contribution in [2.45, 2.75) is 26.7 Å². The molecule has 134 valence electrons. The molecule has 0 unspecified atom stereocenters. The van der Waals surface area contributed by atoms with Crippen LogP contribution in [-0.2, 0) is 12.8 Å². The van der Waals surface area contributed by atoms with Crippen LogP contribution in [0.2, 0.25) is 0 Å². The van der Waals surface area contributed by atoms with Crippen LogP contribution >= 0.6 is 0 Å².